The molecule has 0 aromatic heterocycles. The molecule has 162 valence electrons. The van der Waals surface area contributed by atoms with Crippen molar-refractivity contribution in [2.75, 3.05) is 32.1 Å². The van der Waals surface area contributed by atoms with Gasteiger partial charge in [-0.1, -0.05) is 12.1 Å². The second-order valence-electron chi connectivity index (χ2n) is 6.84. The van der Waals surface area contributed by atoms with Crippen molar-refractivity contribution in [1.82, 2.24) is 10.6 Å². The molecule has 0 amide bonds. The summed E-state index contributed by atoms with van der Waals surface area (Å²) in [5.41, 5.74) is 1.33. The van der Waals surface area contributed by atoms with E-state index in [4.69, 9.17) is 4.74 Å². The van der Waals surface area contributed by atoms with Crippen molar-refractivity contribution in [3.05, 3.63) is 48.0 Å². The lowest BCUT2D eigenvalue weighted by atomic mass is 10.2. The Kier molecular flexibility index (Phi) is 7.16. The second kappa shape index (κ2) is 10.00. The SMILES string of the molecule is CN=C(NCc1cc(OC)ccc1O)NC1CCN(c2ccccc2OC(F)F)C1. The normalized spacial score (nSPS) is 16.6. The molecule has 0 saturated carbocycles. The van der Waals surface area contributed by atoms with Crippen LogP contribution in [0.5, 0.6) is 17.2 Å². The summed E-state index contributed by atoms with van der Waals surface area (Å²) in [7, 11) is 3.24. The number of phenols is 1. The van der Waals surface area contributed by atoms with E-state index in [1.807, 2.05) is 4.90 Å². The number of phenolic OH excluding ortho intramolecular Hbond substituents is 1. The molecule has 1 aliphatic heterocycles. The van der Waals surface area contributed by atoms with Crippen LogP contribution >= 0.6 is 0 Å². The standard InChI is InChI=1S/C21H26F2N4O3/c1-24-21(25-12-14-11-16(29-2)7-8-18(14)28)26-15-9-10-27(13-15)17-5-3-4-6-19(17)30-20(22)23/h3-8,11,15,20,28H,9-10,12-13H2,1-2H3,(H2,24,25,26). The van der Waals surface area contributed by atoms with Gasteiger partial charge in [0.25, 0.3) is 0 Å². The molecular formula is C21H26F2N4O3. The van der Waals surface area contributed by atoms with Gasteiger partial charge in [-0.3, -0.25) is 4.99 Å². The van der Waals surface area contributed by atoms with Crippen LogP contribution in [0.25, 0.3) is 0 Å². The number of nitrogens with zero attached hydrogens (tertiary/aromatic N) is 2. The number of aromatic hydroxyl groups is 1. The van der Waals surface area contributed by atoms with Crippen molar-refractivity contribution >= 4 is 11.6 Å². The van der Waals surface area contributed by atoms with Gasteiger partial charge < -0.3 is 30.1 Å². The zero-order valence-electron chi connectivity index (χ0n) is 16.9. The van der Waals surface area contributed by atoms with Crippen molar-refractivity contribution < 1.29 is 23.4 Å². The number of ether oxygens (including phenoxy) is 2. The third-order valence-electron chi connectivity index (χ3n) is 4.91. The Morgan fingerprint density at radius 1 is 1.30 bits per heavy atom. The van der Waals surface area contributed by atoms with Gasteiger partial charge in [0, 0.05) is 38.3 Å². The Hall–Kier alpha value is -3.23. The average Bonchev–Trinajstić information content (AvgIpc) is 3.20. The summed E-state index contributed by atoms with van der Waals surface area (Å²) in [6.45, 7) is -1.17. The van der Waals surface area contributed by atoms with Crippen molar-refractivity contribution in [3.63, 3.8) is 0 Å². The summed E-state index contributed by atoms with van der Waals surface area (Å²) in [4.78, 5) is 6.24. The van der Waals surface area contributed by atoms with Crippen LogP contribution in [0.1, 0.15) is 12.0 Å². The molecule has 1 unspecified atom stereocenters. The van der Waals surface area contributed by atoms with Crippen molar-refractivity contribution in [2.24, 2.45) is 4.99 Å². The molecule has 30 heavy (non-hydrogen) atoms. The summed E-state index contributed by atoms with van der Waals surface area (Å²) in [5.74, 6) is 1.58. The van der Waals surface area contributed by atoms with Gasteiger partial charge in [-0.05, 0) is 36.8 Å². The van der Waals surface area contributed by atoms with Crippen LogP contribution in [0.2, 0.25) is 0 Å². The number of guanidine groups is 1. The predicted molar refractivity (Wildman–Crippen MR) is 112 cm³/mol. The van der Waals surface area contributed by atoms with Gasteiger partial charge in [0.05, 0.1) is 12.8 Å². The average molecular weight is 420 g/mol. The fourth-order valence-electron chi connectivity index (χ4n) is 3.41. The number of nitrogens with one attached hydrogen (secondary N) is 2. The molecule has 0 radical (unpaired) electrons. The van der Waals surface area contributed by atoms with Crippen molar-refractivity contribution in [2.45, 2.75) is 25.6 Å². The number of para-hydroxylation sites is 2. The fraction of sp³-hybridized carbons (Fsp3) is 0.381. The molecule has 1 atom stereocenters. The first-order valence-corrected chi connectivity index (χ1v) is 9.62. The molecular weight excluding hydrogens is 394 g/mol. The maximum atomic E-state index is 12.7. The predicted octanol–water partition coefficient (Wildman–Crippen LogP) is 2.95. The first kappa shape index (κ1) is 21.5. The summed E-state index contributed by atoms with van der Waals surface area (Å²) in [6, 6.07) is 11.9. The first-order chi connectivity index (χ1) is 14.5. The van der Waals surface area contributed by atoms with Gasteiger partial charge >= 0.3 is 6.61 Å². The smallest absolute Gasteiger partial charge is 0.387 e. The maximum absolute atomic E-state index is 12.7. The number of aliphatic imine (C=N–C) groups is 1. The minimum absolute atomic E-state index is 0.0784. The molecule has 1 heterocycles. The van der Waals surface area contributed by atoms with Gasteiger partial charge in [0.2, 0.25) is 0 Å². The third-order valence-corrected chi connectivity index (χ3v) is 4.91. The topological polar surface area (TPSA) is 78.4 Å². The summed E-state index contributed by atoms with van der Waals surface area (Å²) >= 11 is 0. The number of rotatable bonds is 7. The van der Waals surface area contributed by atoms with Crippen LogP contribution in [-0.2, 0) is 6.54 Å². The molecule has 9 heteroatoms. The molecule has 1 aliphatic rings. The third kappa shape index (κ3) is 5.43. The van der Waals surface area contributed by atoms with E-state index in [0.717, 1.165) is 6.42 Å². The molecule has 1 fully saturated rings. The molecule has 0 aliphatic carbocycles. The van der Waals surface area contributed by atoms with E-state index in [1.165, 1.54) is 0 Å². The number of hydrogen-bond acceptors (Lipinski definition) is 5. The second-order valence-corrected chi connectivity index (χ2v) is 6.84. The highest BCUT2D eigenvalue weighted by atomic mass is 19.3. The summed E-state index contributed by atoms with van der Waals surface area (Å²) in [5, 5.41) is 16.5. The number of methoxy groups -OCH3 is 1. The number of hydrogen-bond donors (Lipinski definition) is 3. The van der Waals surface area contributed by atoms with Crippen molar-refractivity contribution in [1.29, 1.82) is 0 Å². The Balaban J connectivity index is 1.58. The zero-order valence-corrected chi connectivity index (χ0v) is 16.9. The van der Waals surface area contributed by atoms with E-state index in [9.17, 15) is 13.9 Å². The van der Waals surface area contributed by atoms with E-state index in [2.05, 4.69) is 20.4 Å². The lowest BCUT2D eigenvalue weighted by molar-refractivity contribution is -0.0495. The van der Waals surface area contributed by atoms with E-state index in [0.29, 0.717) is 42.6 Å². The van der Waals surface area contributed by atoms with Gasteiger partial charge in [0.1, 0.15) is 17.2 Å². The Morgan fingerprint density at radius 3 is 2.83 bits per heavy atom. The van der Waals surface area contributed by atoms with E-state index in [1.54, 1.807) is 56.6 Å². The van der Waals surface area contributed by atoms with E-state index < -0.39 is 6.61 Å². The molecule has 7 nitrogen and oxygen atoms in total. The summed E-state index contributed by atoms with van der Waals surface area (Å²) < 4.78 is 35.2. The van der Waals surface area contributed by atoms with Crippen molar-refractivity contribution in [3.8, 4) is 17.2 Å². The van der Waals surface area contributed by atoms with Crippen LogP contribution in [0.15, 0.2) is 47.5 Å². The molecule has 0 spiro atoms. The number of benzene rings is 2. The number of alkyl halides is 2. The Morgan fingerprint density at radius 2 is 2.10 bits per heavy atom. The molecule has 2 aromatic carbocycles. The Bertz CT molecular complexity index is 879. The van der Waals surface area contributed by atoms with Crippen LogP contribution in [0.4, 0.5) is 14.5 Å². The molecule has 0 bridgehead atoms. The van der Waals surface area contributed by atoms with Gasteiger partial charge in [0.15, 0.2) is 5.96 Å². The maximum Gasteiger partial charge on any atom is 0.387 e. The fourth-order valence-corrected chi connectivity index (χ4v) is 3.41. The van der Waals surface area contributed by atoms with Crippen LogP contribution in [-0.4, -0.2) is 51.0 Å². The highest BCUT2D eigenvalue weighted by Gasteiger charge is 2.26. The minimum Gasteiger partial charge on any atom is -0.508 e. The lowest BCUT2D eigenvalue weighted by Crippen LogP contribution is -2.44. The molecule has 3 rings (SSSR count). The van der Waals surface area contributed by atoms with E-state index >= 15 is 0 Å². The number of anilines is 1. The Labute approximate surface area is 174 Å². The first-order valence-electron chi connectivity index (χ1n) is 9.62. The molecule has 1 saturated heterocycles. The number of halogens is 2. The quantitative estimate of drug-likeness (QED) is 0.472. The largest absolute Gasteiger partial charge is 0.508 e. The summed E-state index contributed by atoms with van der Waals surface area (Å²) in [6.07, 6.45) is 0.814. The highest BCUT2D eigenvalue weighted by Crippen LogP contribution is 2.31. The zero-order chi connectivity index (χ0) is 21.5. The van der Waals surface area contributed by atoms with Gasteiger partial charge in [-0.25, -0.2) is 0 Å². The molecule has 3 N–H and O–H groups in total. The molecule has 2 aromatic rings. The van der Waals surface area contributed by atoms with Crippen LogP contribution in [0.3, 0.4) is 0 Å². The monoisotopic (exact) mass is 420 g/mol. The van der Waals surface area contributed by atoms with Gasteiger partial charge in [-0.2, -0.15) is 8.78 Å². The minimum atomic E-state index is -2.86. The van der Waals surface area contributed by atoms with Crippen LogP contribution in [0, 0.1) is 0 Å². The highest BCUT2D eigenvalue weighted by molar-refractivity contribution is 5.80. The van der Waals surface area contributed by atoms with E-state index in [-0.39, 0.29) is 17.5 Å². The lowest BCUT2D eigenvalue weighted by Gasteiger charge is -2.22. The van der Waals surface area contributed by atoms with Gasteiger partial charge in [-0.15, -0.1) is 0 Å². The van der Waals surface area contributed by atoms with Crippen LogP contribution < -0.4 is 25.0 Å².